The summed E-state index contributed by atoms with van der Waals surface area (Å²) in [7, 11) is -4.31. The van der Waals surface area contributed by atoms with E-state index < -0.39 is 7.82 Å². The highest BCUT2D eigenvalue weighted by atomic mass is 35.5. The van der Waals surface area contributed by atoms with Crippen LogP contribution in [-0.2, 0) is 9.09 Å². The Balaban J connectivity index is 1.40. The van der Waals surface area contributed by atoms with Crippen molar-refractivity contribution in [2.24, 2.45) is 11.8 Å². The van der Waals surface area contributed by atoms with Gasteiger partial charge in [0.25, 0.3) is 0 Å². The highest BCUT2D eigenvalue weighted by Crippen LogP contribution is 2.49. The van der Waals surface area contributed by atoms with E-state index in [0.717, 1.165) is 0 Å². The average molecular weight is 440 g/mol. The van der Waals surface area contributed by atoms with Crippen LogP contribution in [0.1, 0.15) is 12.5 Å². The highest BCUT2D eigenvalue weighted by molar-refractivity contribution is 7.47. The number of phosphoric ester groups is 1. The van der Waals surface area contributed by atoms with Crippen LogP contribution in [0.3, 0.4) is 0 Å². The number of phosphoric acid groups is 1. The van der Waals surface area contributed by atoms with Gasteiger partial charge in [-0.15, -0.1) is 0 Å². The number of nitrogens with two attached hydrogens (primary N) is 1. The van der Waals surface area contributed by atoms with Crippen LogP contribution < -0.4 is 10.3 Å². The van der Waals surface area contributed by atoms with Crippen molar-refractivity contribution in [3.63, 3.8) is 0 Å². The number of benzene rings is 1. The maximum absolute atomic E-state index is 12.2. The molecule has 1 aliphatic rings. The Bertz CT molecular complexity index is 1060. The number of rotatable bonds is 7. The zero-order chi connectivity index (χ0) is 20.6. The first-order valence-corrected chi connectivity index (χ1v) is 10.7. The van der Waals surface area contributed by atoms with Crippen LogP contribution >= 0.6 is 19.4 Å². The number of halogens is 1. The molecular weight excluding hydrogens is 421 g/mol. The minimum absolute atomic E-state index is 0.0349. The van der Waals surface area contributed by atoms with Gasteiger partial charge in [-0.25, -0.2) is 19.5 Å². The van der Waals surface area contributed by atoms with Gasteiger partial charge in [0.05, 0.1) is 12.9 Å². The van der Waals surface area contributed by atoms with Gasteiger partial charge in [-0.05, 0) is 36.6 Å². The fourth-order valence-electron chi connectivity index (χ4n) is 3.52. The van der Waals surface area contributed by atoms with Gasteiger partial charge in [0.1, 0.15) is 17.6 Å². The number of hydrogen-bond donors (Lipinski definition) is 3. The molecule has 0 radical (unpaired) electrons. The quantitative estimate of drug-likeness (QED) is 0.472. The van der Waals surface area contributed by atoms with Crippen molar-refractivity contribution in [2.75, 3.05) is 18.9 Å². The lowest BCUT2D eigenvalue weighted by molar-refractivity contribution is -0.00488. The second-order valence-electron chi connectivity index (χ2n) is 6.80. The molecule has 2 heterocycles. The summed E-state index contributed by atoms with van der Waals surface area (Å²) >= 11 is 5.78. The molecule has 0 aliphatic heterocycles. The summed E-state index contributed by atoms with van der Waals surface area (Å²) in [5.74, 6) is 0.136. The first kappa shape index (κ1) is 20.1. The number of nitrogen functional groups attached to an aromatic ring is 1. The van der Waals surface area contributed by atoms with Crippen LogP contribution in [-0.4, -0.2) is 42.7 Å². The van der Waals surface area contributed by atoms with Gasteiger partial charge in [0.2, 0.25) is 0 Å². The molecular formula is C17H19ClN5O5P. The van der Waals surface area contributed by atoms with Crippen LogP contribution in [0, 0.1) is 11.8 Å². The van der Waals surface area contributed by atoms with Crippen molar-refractivity contribution in [3.8, 4) is 5.75 Å². The third-order valence-corrected chi connectivity index (χ3v) is 6.25. The predicted octanol–water partition coefficient (Wildman–Crippen LogP) is 2.43. The Hall–Kier alpha value is -2.23. The number of anilines is 1. The van der Waals surface area contributed by atoms with E-state index in [1.807, 2.05) is 4.57 Å². The molecule has 2 aromatic heterocycles. The molecule has 4 unspecified atom stereocenters. The number of aromatic nitrogens is 4. The first-order chi connectivity index (χ1) is 13.9. The standard InChI is InChI=1S/C17H19ClN5O5P/c18-11-1-3-12(4-2-11)28-29(25,26)27-7-10-5-14(13(10)6-24)23-9-22-15-16(19)20-8-21-17(15)23/h1-4,8-10,13-14,24H,5-7H2,(H,25,26)(H2,19,20,21). The Labute approximate surface area is 170 Å². The molecule has 4 atom stereocenters. The van der Waals surface area contributed by atoms with Gasteiger partial charge in [0, 0.05) is 23.6 Å². The molecule has 0 amide bonds. The largest absolute Gasteiger partial charge is 0.527 e. The van der Waals surface area contributed by atoms with Crippen LogP contribution in [0.5, 0.6) is 5.75 Å². The highest BCUT2D eigenvalue weighted by Gasteiger charge is 2.43. The van der Waals surface area contributed by atoms with E-state index in [0.29, 0.717) is 22.6 Å². The molecule has 4 rings (SSSR count). The SMILES string of the molecule is Nc1ncnc2c1ncn2C1CC(COP(=O)(O)Oc2ccc(Cl)cc2)C1CO. The molecule has 154 valence electrons. The van der Waals surface area contributed by atoms with Gasteiger partial charge in [-0.1, -0.05) is 11.6 Å². The molecule has 1 fully saturated rings. The lowest BCUT2D eigenvalue weighted by atomic mass is 9.70. The smallest absolute Gasteiger partial charge is 0.404 e. The van der Waals surface area contributed by atoms with Gasteiger partial charge in [0.15, 0.2) is 11.5 Å². The second kappa shape index (κ2) is 7.89. The monoisotopic (exact) mass is 439 g/mol. The van der Waals surface area contributed by atoms with Crippen molar-refractivity contribution in [1.82, 2.24) is 19.5 Å². The minimum Gasteiger partial charge on any atom is -0.404 e. The Kier molecular flexibility index (Phi) is 5.46. The van der Waals surface area contributed by atoms with Gasteiger partial charge < -0.3 is 19.9 Å². The number of aliphatic hydroxyl groups is 1. The zero-order valence-corrected chi connectivity index (χ0v) is 16.8. The maximum Gasteiger partial charge on any atom is 0.527 e. The fraction of sp³-hybridized carbons (Fsp3) is 0.353. The summed E-state index contributed by atoms with van der Waals surface area (Å²) in [5.41, 5.74) is 6.90. The Morgan fingerprint density at radius 1 is 1.28 bits per heavy atom. The van der Waals surface area contributed by atoms with Crippen molar-refractivity contribution < 1.29 is 23.6 Å². The zero-order valence-electron chi connectivity index (χ0n) is 15.1. The van der Waals surface area contributed by atoms with Crippen molar-refractivity contribution in [1.29, 1.82) is 0 Å². The predicted molar refractivity (Wildman–Crippen MR) is 105 cm³/mol. The molecule has 10 nitrogen and oxygen atoms in total. The Morgan fingerprint density at radius 3 is 2.76 bits per heavy atom. The number of fused-ring (bicyclic) bond motifs is 1. The minimum atomic E-state index is -4.31. The molecule has 12 heteroatoms. The molecule has 1 aliphatic carbocycles. The van der Waals surface area contributed by atoms with Crippen molar-refractivity contribution in [2.45, 2.75) is 12.5 Å². The molecule has 1 aromatic carbocycles. The van der Waals surface area contributed by atoms with E-state index in [9.17, 15) is 14.6 Å². The molecule has 0 spiro atoms. The van der Waals surface area contributed by atoms with E-state index >= 15 is 0 Å². The topological polar surface area (TPSA) is 146 Å². The Morgan fingerprint density at radius 2 is 2.03 bits per heavy atom. The number of hydrogen-bond acceptors (Lipinski definition) is 8. The van der Waals surface area contributed by atoms with E-state index in [-0.39, 0.29) is 42.7 Å². The van der Waals surface area contributed by atoms with Gasteiger partial charge in [-0.3, -0.25) is 9.42 Å². The van der Waals surface area contributed by atoms with E-state index in [2.05, 4.69) is 15.0 Å². The van der Waals surface area contributed by atoms with Crippen molar-refractivity contribution in [3.05, 3.63) is 41.9 Å². The van der Waals surface area contributed by atoms with Gasteiger partial charge in [-0.2, -0.15) is 0 Å². The molecule has 0 saturated heterocycles. The van der Waals surface area contributed by atoms with E-state index in [1.165, 1.54) is 18.5 Å². The maximum atomic E-state index is 12.2. The molecule has 4 N–H and O–H groups in total. The lowest BCUT2D eigenvalue weighted by Gasteiger charge is -2.44. The lowest BCUT2D eigenvalue weighted by Crippen LogP contribution is -2.42. The number of imidazole rings is 1. The summed E-state index contributed by atoms with van der Waals surface area (Å²) in [6.07, 6.45) is 3.58. The third kappa shape index (κ3) is 4.08. The van der Waals surface area contributed by atoms with Gasteiger partial charge >= 0.3 is 7.82 Å². The second-order valence-corrected chi connectivity index (χ2v) is 8.62. The molecule has 3 aromatic rings. The molecule has 29 heavy (non-hydrogen) atoms. The van der Waals surface area contributed by atoms with Crippen LogP contribution in [0.4, 0.5) is 5.82 Å². The summed E-state index contributed by atoms with van der Waals surface area (Å²) < 4.78 is 24.2. The van der Waals surface area contributed by atoms with Crippen LogP contribution in [0.2, 0.25) is 5.02 Å². The summed E-state index contributed by atoms with van der Waals surface area (Å²) in [5, 5.41) is 10.3. The summed E-state index contributed by atoms with van der Waals surface area (Å²) in [6, 6.07) is 5.95. The summed E-state index contributed by atoms with van der Waals surface area (Å²) in [6.45, 7) is -0.153. The van der Waals surface area contributed by atoms with E-state index in [4.69, 9.17) is 26.4 Å². The number of aliphatic hydroxyl groups excluding tert-OH is 1. The summed E-state index contributed by atoms with van der Waals surface area (Å²) in [4.78, 5) is 22.3. The molecule has 0 bridgehead atoms. The average Bonchev–Trinajstić information content (AvgIpc) is 3.08. The fourth-order valence-corrected chi connectivity index (χ4v) is 4.46. The normalized spacial score (nSPS) is 23.5. The van der Waals surface area contributed by atoms with E-state index in [1.54, 1.807) is 18.5 Å². The molecule has 1 saturated carbocycles. The van der Waals surface area contributed by atoms with Crippen LogP contribution in [0.25, 0.3) is 11.2 Å². The van der Waals surface area contributed by atoms with Crippen LogP contribution in [0.15, 0.2) is 36.9 Å². The first-order valence-electron chi connectivity index (χ1n) is 8.84. The third-order valence-electron chi connectivity index (χ3n) is 5.09. The number of nitrogens with zero attached hydrogens (tertiary/aromatic N) is 4. The van der Waals surface area contributed by atoms with Crippen molar-refractivity contribution >= 4 is 36.4 Å².